The molecule has 3 rings (SSSR count). The molecule has 0 aliphatic heterocycles. The van der Waals surface area contributed by atoms with Crippen LogP contribution in [0.15, 0.2) is 36.9 Å². The Morgan fingerprint density at radius 1 is 1.03 bits per heavy atom. The van der Waals surface area contributed by atoms with Crippen molar-refractivity contribution in [1.82, 2.24) is 0 Å². The fourth-order valence-corrected chi connectivity index (χ4v) is 4.76. The Hall–Kier alpha value is -2.55. The van der Waals surface area contributed by atoms with Crippen LogP contribution in [0.1, 0.15) is 83.1 Å². The van der Waals surface area contributed by atoms with E-state index in [-0.39, 0.29) is 10.8 Å². The van der Waals surface area contributed by atoms with Gasteiger partial charge >= 0.3 is 5.97 Å². The lowest BCUT2D eigenvalue weighted by atomic mass is 9.61. The summed E-state index contributed by atoms with van der Waals surface area (Å²) >= 11 is 0. The van der Waals surface area contributed by atoms with Crippen molar-refractivity contribution in [2.45, 2.75) is 78.6 Å². The minimum absolute atomic E-state index is 0.0730. The summed E-state index contributed by atoms with van der Waals surface area (Å²) in [6.07, 6.45) is 3.20. The lowest BCUT2D eigenvalue weighted by Gasteiger charge is -2.43. The molecular formula is C29H38O3. The van der Waals surface area contributed by atoms with Crippen LogP contribution >= 0.6 is 0 Å². The fraction of sp³-hybridized carbons (Fsp3) is 0.483. The molecule has 0 N–H and O–H groups in total. The lowest BCUT2D eigenvalue weighted by Crippen LogP contribution is -2.34. The number of carbonyl (C=O) groups excluding carboxylic acids is 1. The molecule has 0 aromatic heterocycles. The van der Waals surface area contributed by atoms with Crippen molar-refractivity contribution in [2.24, 2.45) is 0 Å². The van der Waals surface area contributed by atoms with Crippen molar-refractivity contribution in [2.75, 3.05) is 13.2 Å². The van der Waals surface area contributed by atoms with E-state index in [9.17, 15) is 4.79 Å². The molecule has 0 heterocycles. The van der Waals surface area contributed by atoms with Gasteiger partial charge in [0.05, 0.1) is 18.8 Å². The molecule has 32 heavy (non-hydrogen) atoms. The quantitative estimate of drug-likeness (QED) is 0.337. The Labute approximate surface area is 193 Å². The Morgan fingerprint density at radius 2 is 1.72 bits per heavy atom. The van der Waals surface area contributed by atoms with Gasteiger partial charge in [0, 0.05) is 5.56 Å². The number of carbonyl (C=O) groups is 1. The third-order valence-electron chi connectivity index (χ3n) is 6.66. The number of esters is 1. The predicted molar refractivity (Wildman–Crippen MR) is 133 cm³/mol. The van der Waals surface area contributed by atoms with Gasteiger partial charge in [0.1, 0.15) is 5.75 Å². The average molecular weight is 435 g/mol. The van der Waals surface area contributed by atoms with Crippen molar-refractivity contribution >= 4 is 11.5 Å². The first-order chi connectivity index (χ1) is 15.0. The van der Waals surface area contributed by atoms with Crippen LogP contribution in [-0.4, -0.2) is 19.2 Å². The van der Waals surface area contributed by atoms with Crippen LogP contribution < -0.4 is 4.74 Å². The van der Waals surface area contributed by atoms with Gasteiger partial charge in [-0.15, -0.1) is 0 Å². The molecule has 0 atom stereocenters. The Balaban J connectivity index is 2.23. The van der Waals surface area contributed by atoms with Gasteiger partial charge in [0.2, 0.25) is 0 Å². The van der Waals surface area contributed by atoms with E-state index in [2.05, 4.69) is 72.4 Å². The first kappa shape index (κ1) is 24.1. The Bertz CT molecular complexity index is 1030. The van der Waals surface area contributed by atoms with Gasteiger partial charge in [-0.3, -0.25) is 0 Å². The van der Waals surface area contributed by atoms with Gasteiger partial charge in [-0.25, -0.2) is 4.79 Å². The molecule has 172 valence electrons. The van der Waals surface area contributed by atoms with Gasteiger partial charge in [0.25, 0.3) is 0 Å². The van der Waals surface area contributed by atoms with E-state index < -0.39 is 5.97 Å². The highest BCUT2D eigenvalue weighted by Gasteiger charge is 2.39. The van der Waals surface area contributed by atoms with E-state index in [1.165, 1.54) is 28.7 Å². The highest BCUT2D eigenvalue weighted by Crippen LogP contribution is 2.50. The number of fused-ring (bicyclic) bond motifs is 1. The van der Waals surface area contributed by atoms with Gasteiger partial charge in [-0.05, 0) is 78.3 Å². The zero-order valence-corrected chi connectivity index (χ0v) is 20.9. The van der Waals surface area contributed by atoms with E-state index in [0.29, 0.717) is 30.1 Å². The highest BCUT2D eigenvalue weighted by atomic mass is 16.5. The summed E-state index contributed by atoms with van der Waals surface area (Å²) in [6, 6.07) is 10.8. The third-order valence-corrected chi connectivity index (χ3v) is 6.66. The van der Waals surface area contributed by atoms with E-state index in [4.69, 9.17) is 9.47 Å². The van der Waals surface area contributed by atoms with Crippen LogP contribution in [-0.2, 0) is 20.4 Å². The molecule has 3 nitrogen and oxygen atoms in total. The molecule has 1 aliphatic rings. The van der Waals surface area contributed by atoms with Crippen molar-refractivity contribution in [3.63, 3.8) is 0 Å². The molecule has 0 spiro atoms. The van der Waals surface area contributed by atoms with Gasteiger partial charge in [-0.2, -0.15) is 0 Å². The molecule has 0 bridgehead atoms. The molecule has 0 amide bonds. The summed E-state index contributed by atoms with van der Waals surface area (Å²) in [5.41, 5.74) is 7.66. The van der Waals surface area contributed by atoms with Crippen molar-refractivity contribution < 1.29 is 14.3 Å². The number of benzene rings is 2. The summed E-state index contributed by atoms with van der Waals surface area (Å²) < 4.78 is 11.2. The van der Waals surface area contributed by atoms with Crippen LogP contribution in [0.25, 0.3) is 16.7 Å². The standard InChI is InChI=1S/C29H38O3/c1-9-15-32-25-12-11-21(18-22(25)20(4)27(30)31-10-2)23-16-19(3)17-24-26(23)29(7,8)14-13-28(24,5)6/h11-12,16-18H,4,9-10,13-15H2,1-3,5-8H3. The topological polar surface area (TPSA) is 35.5 Å². The van der Waals surface area contributed by atoms with Crippen molar-refractivity contribution in [1.29, 1.82) is 0 Å². The molecule has 2 aromatic carbocycles. The van der Waals surface area contributed by atoms with Crippen LogP contribution in [0, 0.1) is 6.92 Å². The molecule has 1 aliphatic carbocycles. The first-order valence-electron chi connectivity index (χ1n) is 11.8. The summed E-state index contributed by atoms with van der Waals surface area (Å²) in [7, 11) is 0. The molecular weight excluding hydrogens is 396 g/mol. The maximum absolute atomic E-state index is 12.5. The fourth-order valence-electron chi connectivity index (χ4n) is 4.76. The zero-order valence-electron chi connectivity index (χ0n) is 20.9. The smallest absolute Gasteiger partial charge is 0.338 e. The second-order valence-electron chi connectivity index (χ2n) is 10.3. The molecule has 2 aromatic rings. The van der Waals surface area contributed by atoms with Crippen LogP contribution in [0.2, 0.25) is 0 Å². The monoisotopic (exact) mass is 434 g/mol. The Kier molecular flexibility index (Phi) is 6.88. The molecule has 0 unspecified atom stereocenters. The molecule has 0 saturated heterocycles. The summed E-state index contributed by atoms with van der Waals surface area (Å²) in [5, 5.41) is 0. The highest BCUT2D eigenvalue weighted by molar-refractivity contribution is 6.16. The second kappa shape index (κ2) is 9.13. The van der Waals surface area contributed by atoms with E-state index in [1.807, 2.05) is 6.07 Å². The largest absolute Gasteiger partial charge is 0.493 e. The second-order valence-corrected chi connectivity index (χ2v) is 10.3. The van der Waals surface area contributed by atoms with E-state index in [1.54, 1.807) is 6.92 Å². The van der Waals surface area contributed by atoms with Crippen LogP contribution in [0.5, 0.6) is 5.75 Å². The minimum atomic E-state index is -0.404. The summed E-state index contributed by atoms with van der Waals surface area (Å²) in [4.78, 5) is 12.5. The molecule has 0 fully saturated rings. The summed E-state index contributed by atoms with van der Waals surface area (Å²) in [6.45, 7) is 20.4. The van der Waals surface area contributed by atoms with E-state index >= 15 is 0 Å². The molecule has 3 heteroatoms. The van der Waals surface area contributed by atoms with Crippen molar-refractivity contribution in [3.8, 4) is 16.9 Å². The number of hydrogen-bond donors (Lipinski definition) is 0. The van der Waals surface area contributed by atoms with Gasteiger partial charge < -0.3 is 9.47 Å². The number of ether oxygens (including phenoxy) is 2. The minimum Gasteiger partial charge on any atom is -0.493 e. The maximum Gasteiger partial charge on any atom is 0.338 e. The SMILES string of the molecule is C=C(C(=O)OCC)c1cc(-c2cc(C)cc3c2C(C)(C)CCC3(C)C)ccc1OCCC. The van der Waals surface area contributed by atoms with Crippen LogP contribution in [0.4, 0.5) is 0 Å². The Morgan fingerprint density at radius 3 is 2.38 bits per heavy atom. The molecule has 0 radical (unpaired) electrons. The lowest BCUT2D eigenvalue weighted by molar-refractivity contribution is -0.136. The zero-order chi connectivity index (χ0) is 23.7. The number of rotatable bonds is 7. The normalized spacial score (nSPS) is 16.2. The molecule has 0 saturated carbocycles. The van der Waals surface area contributed by atoms with E-state index in [0.717, 1.165) is 18.4 Å². The predicted octanol–water partition coefficient (Wildman–Crippen LogP) is 7.38. The van der Waals surface area contributed by atoms with Crippen molar-refractivity contribution in [3.05, 3.63) is 59.2 Å². The number of aryl methyl sites for hydroxylation is 1. The number of hydrogen-bond acceptors (Lipinski definition) is 3. The third kappa shape index (κ3) is 4.62. The van der Waals surface area contributed by atoms with Gasteiger partial charge in [-0.1, -0.05) is 65.0 Å². The first-order valence-corrected chi connectivity index (χ1v) is 11.8. The maximum atomic E-state index is 12.5. The average Bonchev–Trinajstić information content (AvgIpc) is 2.74. The van der Waals surface area contributed by atoms with Gasteiger partial charge in [0.15, 0.2) is 0 Å². The van der Waals surface area contributed by atoms with Crippen LogP contribution in [0.3, 0.4) is 0 Å². The summed E-state index contributed by atoms with van der Waals surface area (Å²) in [5.74, 6) is 0.272.